The van der Waals surface area contributed by atoms with Crippen LogP contribution in [0.15, 0.2) is 0 Å². The van der Waals surface area contributed by atoms with E-state index in [2.05, 4.69) is 6.92 Å². The van der Waals surface area contributed by atoms with Crippen molar-refractivity contribution in [1.29, 1.82) is 0 Å². The molecular formula is C13H30O3. The van der Waals surface area contributed by atoms with Crippen molar-refractivity contribution in [3.63, 3.8) is 0 Å². The first-order valence-electron chi connectivity index (χ1n) is 6.72. The topological polar surface area (TPSA) is 60.7 Å². The number of aliphatic hydroxyl groups excluding tert-OH is 1. The summed E-state index contributed by atoms with van der Waals surface area (Å²) in [4.78, 5) is 0. The summed E-state index contributed by atoms with van der Waals surface area (Å²) >= 11 is 0. The van der Waals surface area contributed by atoms with Crippen molar-refractivity contribution < 1.29 is 15.6 Å². The Balaban J connectivity index is 0. The molecule has 0 aromatic heterocycles. The Morgan fingerprint density at radius 1 is 0.562 bits per heavy atom. The smallest absolute Gasteiger partial charge is 0.0431 e. The van der Waals surface area contributed by atoms with E-state index in [9.17, 15) is 0 Å². The van der Waals surface area contributed by atoms with Gasteiger partial charge in [0.15, 0.2) is 0 Å². The predicted molar refractivity (Wildman–Crippen MR) is 68.8 cm³/mol. The van der Waals surface area contributed by atoms with Gasteiger partial charge < -0.3 is 5.11 Å². The fraction of sp³-hybridized carbons (Fsp3) is 1.00. The molecule has 0 aliphatic heterocycles. The lowest BCUT2D eigenvalue weighted by atomic mass is 10.1. The van der Waals surface area contributed by atoms with Gasteiger partial charge in [0.2, 0.25) is 0 Å². The lowest BCUT2D eigenvalue weighted by Gasteiger charge is -2.01. The summed E-state index contributed by atoms with van der Waals surface area (Å²) in [7, 11) is 0. The Kier molecular flexibility index (Phi) is 23.2. The van der Waals surface area contributed by atoms with Crippen molar-refractivity contribution in [1.82, 2.24) is 0 Å². The molecule has 0 radical (unpaired) electrons. The monoisotopic (exact) mass is 234 g/mol. The van der Waals surface area contributed by atoms with Gasteiger partial charge in [0, 0.05) is 6.61 Å². The number of hydrogen-bond donors (Lipinski definition) is 3. The van der Waals surface area contributed by atoms with Crippen LogP contribution in [-0.4, -0.2) is 22.2 Å². The van der Waals surface area contributed by atoms with E-state index in [1.54, 1.807) is 0 Å². The van der Waals surface area contributed by atoms with E-state index in [1.807, 2.05) is 0 Å². The largest absolute Gasteiger partial charge is 0.396 e. The molecule has 0 spiro atoms. The maximum Gasteiger partial charge on any atom is 0.0431 e. The van der Waals surface area contributed by atoms with Gasteiger partial charge in [-0.2, -0.15) is 0 Å². The molecule has 16 heavy (non-hydrogen) atoms. The highest BCUT2D eigenvalue weighted by atomic mass is 17.0. The molecule has 0 amide bonds. The highest BCUT2D eigenvalue weighted by Crippen LogP contribution is 2.10. The normalized spacial score (nSPS) is 9.75. The quantitative estimate of drug-likeness (QED) is 0.284. The van der Waals surface area contributed by atoms with Crippen LogP contribution in [0.2, 0.25) is 0 Å². The van der Waals surface area contributed by atoms with E-state index >= 15 is 0 Å². The minimum Gasteiger partial charge on any atom is -0.396 e. The molecule has 0 atom stereocenters. The van der Waals surface area contributed by atoms with Crippen LogP contribution in [0.5, 0.6) is 0 Å². The van der Waals surface area contributed by atoms with Crippen molar-refractivity contribution >= 4 is 0 Å². The summed E-state index contributed by atoms with van der Waals surface area (Å²) < 4.78 is 0. The molecule has 0 saturated heterocycles. The van der Waals surface area contributed by atoms with E-state index in [0.29, 0.717) is 6.61 Å². The van der Waals surface area contributed by atoms with Crippen LogP contribution in [-0.2, 0) is 0 Å². The zero-order valence-electron chi connectivity index (χ0n) is 10.8. The summed E-state index contributed by atoms with van der Waals surface area (Å²) in [6, 6.07) is 0. The van der Waals surface area contributed by atoms with Crippen LogP contribution in [0.3, 0.4) is 0 Å². The molecule has 0 aliphatic rings. The van der Waals surface area contributed by atoms with E-state index in [0.717, 1.165) is 6.42 Å². The Hall–Kier alpha value is -0.120. The zero-order valence-corrected chi connectivity index (χ0v) is 10.8. The third-order valence-corrected chi connectivity index (χ3v) is 2.76. The summed E-state index contributed by atoms with van der Waals surface area (Å²) in [5.41, 5.74) is 0. The second-order valence-corrected chi connectivity index (χ2v) is 4.26. The first-order chi connectivity index (χ1) is 7.91. The summed E-state index contributed by atoms with van der Waals surface area (Å²) in [6.45, 7) is 2.64. The zero-order chi connectivity index (χ0) is 12.5. The molecule has 0 aliphatic carbocycles. The average Bonchev–Trinajstić information content (AvgIpc) is 2.34. The molecule has 0 heterocycles. The molecule has 0 aromatic rings. The van der Waals surface area contributed by atoms with Crippen molar-refractivity contribution in [2.45, 2.75) is 77.6 Å². The lowest BCUT2D eigenvalue weighted by molar-refractivity contribution is -0.176. The molecule has 3 nitrogen and oxygen atoms in total. The average molecular weight is 234 g/mol. The Bertz CT molecular complexity index is 85.2. The molecule has 100 valence electrons. The first-order valence-corrected chi connectivity index (χ1v) is 6.72. The number of hydrogen-bond acceptors (Lipinski definition) is 3. The summed E-state index contributed by atoms with van der Waals surface area (Å²) in [5, 5.41) is 20.6. The fourth-order valence-electron chi connectivity index (χ4n) is 1.78. The molecule has 0 fully saturated rings. The molecule has 3 N–H and O–H groups in total. The maximum atomic E-state index is 8.59. The lowest BCUT2D eigenvalue weighted by Crippen LogP contribution is -1.84. The fourth-order valence-corrected chi connectivity index (χ4v) is 1.78. The van der Waals surface area contributed by atoms with E-state index in [1.165, 1.54) is 64.2 Å². The standard InChI is InChI=1S/C13H28O.H2O2/c1-2-3-4-5-6-7-8-9-10-11-12-13-14;1-2/h14H,2-13H2,1H3;1-2H. The SMILES string of the molecule is CCCCCCCCCCCCCO.OO. The van der Waals surface area contributed by atoms with E-state index < -0.39 is 0 Å². The third kappa shape index (κ3) is 19.5. The van der Waals surface area contributed by atoms with Crippen LogP contribution in [0.25, 0.3) is 0 Å². The number of unbranched alkanes of at least 4 members (excludes halogenated alkanes) is 10. The summed E-state index contributed by atoms with van der Waals surface area (Å²) in [6.07, 6.45) is 14.8. The van der Waals surface area contributed by atoms with Gasteiger partial charge in [-0.05, 0) is 6.42 Å². The Morgan fingerprint density at radius 3 is 1.19 bits per heavy atom. The van der Waals surface area contributed by atoms with Gasteiger partial charge in [0.25, 0.3) is 0 Å². The molecule has 0 aromatic carbocycles. The third-order valence-electron chi connectivity index (χ3n) is 2.76. The minimum atomic E-state index is 0.372. The van der Waals surface area contributed by atoms with E-state index in [4.69, 9.17) is 15.6 Å². The number of aliphatic hydroxyl groups is 1. The highest BCUT2D eigenvalue weighted by Gasteiger charge is 1.91. The predicted octanol–water partition coefficient (Wildman–Crippen LogP) is 4.31. The number of rotatable bonds is 11. The van der Waals surface area contributed by atoms with Crippen LogP contribution in [0.1, 0.15) is 77.6 Å². The van der Waals surface area contributed by atoms with Gasteiger partial charge in [-0.3, -0.25) is 10.5 Å². The van der Waals surface area contributed by atoms with Crippen molar-refractivity contribution in [3.8, 4) is 0 Å². The molecule has 3 heteroatoms. The Labute approximate surface area is 100 Å². The minimum absolute atomic E-state index is 0.372. The van der Waals surface area contributed by atoms with Gasteiger partial charge in [-0.25, -0.2) is 0 Å². The first kappa shape index (κ1) is 18.3. The van der Waals surface area contributed by atoms with Gasteiger partial charge >= 0.3 is 0 Å². The summed E-state index contributed by atoms with van der Waals surface area (Å²) in [5.74, 6) is 0. The van der Waals surface area contributed by atoms with Gasteiger partial charge in [0.1, 0.15) is 0 Å². The molecule has 0 unspecified atom stereocenters. The van der Waals surface area contributed by atoms with Crippen molar-refractivity contribution in [2.75, 3.05) is 6.61 Å². The van der Waals surface area contributed by atoms with Crippen molar-refractivity contribution in [3.05, 3.63) is 0 Å². The second kappa shape index (κ2) is 20.3. The van der Waals surface area contributed by atoms with Crippen LogP contribution >= 0.6 is 0 Å². The maximum absolute atomic E-state index is 8.59. The van der Waals surface area contributed by atoms with Crippen molar-refractivity contribution in [2.24, 2.45) is 0 Å². The van der Waals surface area contributed by atoms with Gasteiger partial charge in [-0.1, -0.05) is 71.1 Å². The van der Waals surface area contributed by atoms with Crippen LogP contribution in [0.4, 0.5) is 0 Å². The second-order valence-electron chi connectivity index (χ2n) is 4.26. The molecule has 0 saturated carbocycles. The van der Waals surface area contributed by atoms with Gasteiger partial charge in [-0.15, -0.1) is 0 Å². The van der Waals surface area contributed by atoms with Crippen LogP contribution < -0.4 is 0 Å². The van der Waals surface area contributed by atoms with Crippen LogP contribution in [0, 0.1) is 0 Å². The molecule has 0 rings (SSSR count). The highest BCUT2D eigenvalue weighted by molar-refractivity contribution is 4.47. The van der Waals surface area contributed by atoms with Gasteiger partial charge in [0.05, 0.1) is 0 Å². The van der Waals surface area contributed by atoms with E-state index in [-0.39, 0.29) is 0 Å². The molecule has 0 bridgehead atoms. The molecular weight excluding hydrogens is 204 g/mol. The Morgan fingerprint density at radius 2 is 0.875 bits per heavy atom.